The predicted molar refractivity (Wildman–Crippen MR) is 58.3 cm³/mol. The summed E-state index contributed by atoms with van der Waals surface area (Å²) in [7, 11) is 0. The van der Waals surface area contributed by atoms with E-state index in [-0.39, 0.29) is 11.2 Å². The van der Waals surface area contributed by atoms with E-state index in [1.807, 2.05) is 26.0 Å². The van der Waals surface area contributed by atoms with Crippen molar-refractivity contribution in [2.24, 2.45) is 5.73 Å². The van der Waals surface area contributed by atoms with Crippen LogP contribution in [0.2, 0.25) is 0 Å². The first-order chi connectivity index (χ1) is 7.04. The molecular weight excluding hydrogens is 193 g/mol. The molecule has 1 aromatic heterocycles. The third-order valence-electron chi connectivity index (χ3n) is 2.67. The minimum Gasteiger partial charge on any atom is -0.457 e. The van der Waals surface area contributed by atoms with E-state index in [4.69, 9.17) is 10.2 Å². The van der Waals surface area contributed by atoms with Crippen LogP contribution in [0.4, 0.5) is 4.39 Å². The second kappa shape index (κ2) is 3.35. The van der Waals surface area contributed by atoms with Gasteiger partial charge in [-0.05, 0) is 12.1 Å². The molecule has 0 spiro atoms. The average molecular weight is 207 g/mol. The Hall–Kier alpha value is -1.35. The van der Waals surface area contributed by atoms with Gasteiger partial charge in [0.15, 0.2) is 11.4 Å². The molecule has 0 aliphatic rings. The molecule has 1 heterocycles. The summed E-state index contributed by atoms with van der Waals surface area (Å²) < 4.78 is 18.9. The van der Waals surface area contributed by atoms with E-state index in [0.29, 0.717) is 12.1 Å². The normalized spacial score (nSPS) is 12.3. The van der Waals surface area contributed by atoms with Gasteiger partial charge in [-0.25, -0.2) is 4.39 Å². The number of furan rings is 1. The molecule has 0 radical (unpaired) electrons. The first-order valence-electron chi connectivity index (χ1n) is 4.93. The summed E-state index contributed by atoms with van der Waals surface area (Å²) in [5.41, 5.74) is 5.70. The zero-order valence-electron chi connectivity index (χ0n) is 8.88. The zero-order valence-corrected chi connectivity index (χ0v) is 8.88. The number of fused-ring (bicyclic) bond motifs is 1. The molecule has 0 amide bonds. The van der Waals surface area contributed by atoms with Gasteiger partial charge in [-0.3, -0.25) is 0 Å². The highest BCUT2D eigenvalue weighted by atomic mass is 19.1. The highest BCUT2D eigenvalue weighted by Crippen LogP contribution is 2.29. The van der Waals surface area contributed by atoms with Crippen LogP contribution >= 0.6 is 0 Å². The van der Waals surface area contributed by atoms with Gasteiger partial charge >= 0.3 is 0 Å². The van der Waals surface area contributed by atoms with Crippen LogP contribution in [-0.2, 0) is 5.41 Å². The van der Waals surface area contributed by atoms with Crippen molar-refractivity contribution in [3.05, 3.63) is 35.8 Å². The van der Waals surface area contributed by atoms with Crippen LogP contribution in [0.1, 0.15) is 19.6 Å². The first-order valence-corrected chi connectivity index (χ1v) is 4.93. The average Bonchev–Trinajstić information content (AvgIpc) is 2.64. The van der Waals surface area contributed by atoms with Gasteiger partial charge in [0.05, 0.1) is 0 Å². The molecule has 0 saturated heterocycles. The summed E-state index contributed by atoms with van der Waals surface area (Å²) in [6, 6.07) is 6.75. The van der Waals surface area contributed by atoms with Crippen molar-refractivity contribution in [1.29, 1.82) is 0 Å². The summed E-state index contributed by atoms with van der Waals surface area (Å²) >= 11 is 0. The molecular formula is C12H14FNO. The third kappa shape index (κ3) is 1.63. The van der Waals surface area contributed by atoms with E-state index < -0.39 is 0 Å². The van der Waals surface area contributed by atoms with Crippen LogP contribution in [0, 0.1) is 5.82 Å². The van der Waals surface area contributed by atoms with E-state index in [9.17, 15) is 4.39 Å². The van der Waals surface area contributed by atoms with Crippen LogP contribution in [0.3, 0.4) is 0 Å². The fraction of sp³-hybridized carbons (Fsp3) is 0.333. The number of benzene rings is 1. The Morgan fingerprint density at radius 1 is 1.40 bits per heavy atom. The van der Waals surface area contributed by atoms with Crippen LogP contribution in [0.15, 0.2) is 28.7 Å². The van der Waals surface area contributed by atoms with Crippen molar-refractivity contribution in [1.82, 2.24) is 0 Å². The molecule has 0 aliphatic heterocycles. The molecule has 2 rings (SSSR count). The summed E-state index contributed by atoms with van der Waals surface area (Å²) in [6.07, 6.45) is 0. The van der Waals surface area contributed by atoms with Crippen molar-refractivity contribution in [3.8, 4) is 0 Å². The monoisotopic (exact) mass is 207 g/mol. The lowest BCUT2D eigenvalue weighted by Crippen LogP contribution is -2.27. The van der Waals surface area contributed by atoms with E-state index in [0.717, 1.165) is 11.1 Å². The zero-order chi connectivity index (χ0) is 11.1. The number of hydrogen-bond donors (Lipinski definition) is 1. The van der Waals surface area contributed by atoms with Gasteiger partial charge in [-0.1, -0.05) is 26.0 Å². The molecule has 0 bridgehead atoms. The molecule has 3 heteroatoms. The summed E-state index contributed by atoms with van der Waals surface area (Å²) in [5, 5.41) is 0.784. The maximum atomic E-state index is 13.4. The van der Waals surface area contributed by atoms with Crippen molar-refractivity contribution in [2.45, 2.75) is 19.3 Å². The van der Waals surface area contributed by atoms with E-state index >= 15 is 0 Å². The Morgan fingerprint density at radius 2 is 2.13 bits per heavy atom. The Morgan fingerprint density at radius 3 is 2.73 bits per heavy atom. The second-order valence-corrected chi connectivity index (χ2v) is 4.36. The number of rotatable bonds is 2. The Balaban J connectivity index is 2.62. The molecule has 2 nitrogen and oxygen atoms in total. The van der Waals surface area contributed by atoms with Crippen molar-refractivity contribution < 1.29 is 8.81 Å². The van der Waals surface area contributed by atoms with Crippen molar-refractivity contribution in [3.63, 3.8) is 0 Å². The largest absolute Gasteiger partial charge is 0.457 e. The van der Waals surface area contributed by atoms with Gasteiger partial charge < -0.3 is 10.2 Å². The topological polar surface area (TPSA) is 39.2 Å². The van der Waals surface area contributed by atoms with Crippen LogP contribution in [0.5, 0.6) is 0 Å². The summed E-state index contributed by atoms with van der Waals surface area (Å²) in [6.45, 7) is 4.42. The van der Waals surface area contributed by atoms with E-state index in [1.165, 1.54) is 6.07 Å². The van der Waals surface area contributed by atoms with Gasteiger partial charge in [0.25, 0.3) is 0 Å². The maximum Gasteiger partial charge on any atom is 0.169 e. The molecule has 2 N–H and O–H groups in total. The first kappa shape index (κ1) is 10.2. The van der Waals surface area contributed by atoms with Gasteiger partial charge in [-0.2, -0.15) is 0 Å². The number of nitrogens with two attached hydrogens (primary N) is 1. The minimum atomic E-state index is -0.327. The third-order valence-corrected chi connectivity index (χ3v) is 2.67. The molecule has 0 unspecified atom stereocenters. The SMILES string of the molecule is CC(C)(CN)c1cc2cccc(F)c2o1. The lowest BCUT2D eigenvalue weighted by atomic mass is 9.90. The highest BCUT2D eigenvalue weighted by molar-refractivity contribution is 5.78. The molecule has 2 aromatic rings. The smallest absolute Gasteiger partial charge is 0.169 e. The molecule has 80 valence electrons. The minimum absolute atomic E-state index is 0.258. The Kier molecular flexibility index (Phi) is 2.27. The number of hydrogen-bond acceptors (Lipinski definition) is 2. The summed E-state index contributed by atoms with van der Waals surface area (Å²) in [5.74, 6) is 0.400. The Labute approximate surface area is 87.9 Å². The van der Waals surface area contributed by atoms with Crippen molar-refractivity contribution in [2.75, 3.05) is 6.54 Å². The predicted octanol–water partition coefficient (Wildman–Crippen LogP) is 2.81. The highest BCUT2D eigenvalue weighted by Gasteiger charge is 2.23. The van der Waals surface area contributed by atoms with Gasteiger partial charge in [0, 0.05) is 17.3 Å². The molecule has 0 atom stereocenters. The number of halogens is 1. The van der Waals surface area contributed by atoms with E-state index in [1.54, 1.807) is 6.07 Å². The van der Waals surface area contributed by atoms with Gasteiger partial charge in [-0.15, -0.1) is 0 Å². The molecule has 0 fully saturated rings. The second-order valence-electron chi connectivity index (χ2n) is 4.36. The van der Waals surface area contributed by atoms with Crippen molar-refractivity contribution >= 4 is 11.0 Å². The molecule has 15 heavy (non-hydrogen) atoms. The van der Waals surface area contributed by atoms with E-state index in [2.05, 4.69) is 0 Å². The lowest BCUT2D eigenvalue weighted by Gasteiger charge is -2.18. The fourth-order valence-electron chi connectivity index (χ4n) is 1.46. The quantitative estimate of drug-likeness (QED) is 0.822. The maximum absolute atomic E-state index is 13.4. The van der Waals surface area contributed by atoms with Crippen LogP contribution in [0.25, 0.3) is 11.0 Å². The molecule has 1 aromatic carbocycles. The van der Waals surface area contributed by atoms with Gasteiger partial charge in [0.2, 0.25) is 0 Å². The van der Waals surface area contributed by atoms with Crippen LogP contribution in [-0.4, -0.2) is 6.54 Å². The lowest BCUT2D eigenvalue weighted by molar-refractivity contribution is 0.403. The standard InChI is InChI=1S/C12H14FNO/c1-12(2,7-14)10-6-8-4-3-5-9(13)11(8)15-10/h3-6H,7,14H2,1-2H3. The molecule has 0 saturated carbocycles. The number of para-hydroxylation sites is 1. The van der Waals surface area contributed by atoms with Gasteiger partial charge in [0.1, 0.15) is 5.76 Å². The Bertz CT molecular complexity index is 487. The summed E-state index contributed by atoms with van der Waals surface area (Å²) in [4.78, 5) is 0. The fourth-order valence-corrected chi connectivity index (χ4v) is 1.46. The molecule has 0 aliphatic carbocycles. The van der Waals surface area contributed by atoms with Crippen LogP contribution < -0.4 is 5.73 Å².